The number of aliphatic hydroxyl groups excluding tert-OH is 1. The first-order valence-electron chi connectivity index (χ1n) is 17.8. The van der Waals surface area contributed by atoms with Crippen molar-refractivity contribution in [3.8, 4) is 0 Å². The van der Waals surface area contributed by atoms with Crippen LogP contribution in [0.3, 0.4) is 0 Å². The lowest BCUT2D eigenvalue weighted by atomic mass is 9.87. The number of methoxy groups -OCH3 is 2. The maximum Gasteiger partial charge on any atom is 0.328 e. The number of aliphatic hydroxyl groups is 2. The van der Waals surface area contributed by atoms with Crippen LogP contribution in [0.1, 0.15) is 98.8 Å². The number of nitrogens with two attached hydrogens (primary N) is 1. The largest absolute Gasteiger partial charge is 0.464 e. The molecule has 0 saturated carbocycles. The molecule has 11 heteroatoms. The summed E-state index contributed by atoms with van der Waals surface area (Å²) in [5, 5.41) is 22.0. The zero-order valence-electron chi connectivity index (χ0n) is 31.3. The lowest BCUT2D eigenvalue weighted by Gasteiger charge is -2.39. The van der Waals surface area contributed by atoms with Crippen LogP contribution in [0.15, 0.2) is 59.8 Å². The average molecular weight is 703 g/mol. The Balaban J connectivity index is 2.62. The molecule has 0 radical (unpaired) electrons. The van der Waals surface area contributed by atoms with E-state index >= 15 is 0 Å². The van der Waals surface area contributed by atoms with E-state index in [0.29, 0.717) is 50.8 Å². The number of ketones is 2. The Morgan fingerprint density at radius 3 is 2.40 bits per heavy atom. The highest BCUT2D eigenvalue weighted by Gasteiger charge is 2.44. The van der Waals surface area contributed by atoms with Crippen molar-refractivity contribution >= 4 is 23.4 Å². The van der Waals surface area contributed by atoms with Crippen LogP contribution in [0.5, 0.6) is 0 Å². The van der Waals surface area contributed by atoms with Gasteiger partial charge in [-0.3, -0.25) is 14.4 Å². The Labute approximate surface area is 299 Å². The van der Waals surface area contributed by atoms with Crippen LogP contribution in [-0.4, -0.2) is 96.0 Å². The lowest BCUT2D eigenvalue weighted by molar-refractivity contribution is -0.195. The van der Waals surface area contributed by atoms with E-state index in [9.17, 15) is 29.4 Å². The van der Waals surface area contributed by atoms with Gasteiger partial charge in [-0.15, -0.1) is 0 Å². The molecule has 4 N–H and O–H groups in total. The van der Waals surface area contributed by atoms with Crippen LogP contribution in [0.2, 0.25) is 0 Å². The molecule has 1 fully saturated rings. The van der Waals surface area contributed by atoms with Gasteiger partial charge in [0.1, 0.15) is 24.0 Å². The molecule has 1 aliphatic heterocycles. The van der Waals surface area contributed by atoms with E-state index in [2.05, 4.69) is 6.58 Å². The maximum atomic E-state index is 13.5. The van der Waals surface area contributed by atoms with Gasteiger partial charge < -0.3 is 35.1 Å². The summed E-state index contributed by atoms with van der Waals surface area (Å²) in [5.74, 6) is -3.67. The number of carbonyl (C=O) groups excluding carboxylic acids is 4. The quantitative estimate of drug-likeness (QED) is 0.0431. The van der Waals surface area contributed by atoms with Gasteiger partial charge in [-0.25, -0.2) is 4.79 Å². The van der Waals surface area contributed by atoms with Gasteiger partial charge in [-0.05, 0) is 84.1 Å². The summed E-state index contributed by atoms with van der Waals surface area (Å²) in [5.41, 5.74) is 7.62. The molecule has 1 aliphatic rings. The second-order valence-electron chi connectivity index (χ2n) is 13.2. The molecule has 1 heterocycles. The molecule has 0 bridgehead atoms. The second kappa shape index (κ2) is 23.3. The van der Waals surface area contributed by atoms with Crippen LogP contribution in [-0.2, 0) is 33.4 Å². The van der Waals surface area contributed by atoms with Crippen molar-refractivity contribution in [1.82, 2.24) is 4.90 Å². The number of rotatable bonds is 23. The summed E-state index contributed by atoms with van der Waals surface area (Å²) >= 11 is 0. The number of piperidine rings is 1. The fourth-order valence-electron chi connectivity index (χ4n) is 5.79. The third-order valence-electron chi connectivity index (χ3n) is 9.11. The Hall–Kier alpha value is -3.22. The van der Waals surface area contributed by atoms with E-state index in [1.807, 2.05) is 51.2 Å². The minimum absolute atomic E-state index is 0.0451. The highest BCUT2D eigenvalue weighted by atomic mass is 16.6. The zero-order chi connectivity index (χ0) is 37.9. The summed E-state index contributed by atoms with van der Waals surface area (Å²) in [6.07, 6.45) is 14.9. The number of esters is 1. The van der Waals surface area contributed by atoms with Crippen molar-refractivity contribution in [2.75, 3.05) is 27.4 Å². The van der Waals surface area contributed by atoms with Crippen molar-refractivity contribution < 1.29 is 43.6 Å². The maximum absolute atomic E-state index is 13.5. The van der Waals surface area contributed by atoms with Crippen LogP contribution < -0.4 is 5.73 Å². The number of amides is 1. The molecule has 11 nitrogen and oxygen atoms in total. The molecule has 0 aromatic rings. The van der Waals surface area contributed by atoms with E-state index in [4.69, 9.17) is 19.9 Å². The molecule has 1 amide bonds. The lowest BCUT2D eigenvalue weighted by Crippen LogP contribution is -2.53. The highest BCUT2D eigenvalue weighted by molar-refractivity contribution is 5.97. The van der Waals surface area contributed by atoms with Gasteiger partial charge in [0.2, 0.25) is 0 Å². The number of hydrogen-bond donors (Lipinski definition) is 3. The predicted molar refractivity (Wildman–Crippen MR) is 195 cm³/mol. The number of nitrogens with zero attached hydrogens (tertiary/aromatic N) is 1. The highest BCUT2D eigenvalue weighted by Crippen LogP contribution is 2.33. The SMILES string of the molecule is C=C(C(=O)N1CCCCC1C(=O)OCCC)C(O)(OC)C(C)CCC/C(C)=C/C=C/C=C/CCC(N)C(=O)C(OC)C(O)/C(C)=C/CC(C)=O. The van der Waals surface area contributed by atoms with Crippen molar-refractivity contribution in [3.63, 3.8) is 0 Å². The van der Waals surface area contributed by atoms with Crippen LogP contribution in [0.25, 0.3) is 0 Å². The van der Waals surface area contributed by atoms with Gasteiger partial charge in [0.15, 0.2) is 11.6 Å². The summed E-state index contributed by atoms with van der Waals surface area (Å²) in [6.45, 7) is 13.5. The molecule has 0 spiro atoms. The average Bonchev–Trinajstić information content (AvgIpc) is 3.11. The van der Waals surface area contributed by atoms with Crippen molar-refractivity contribution in [1.29, 1.82) is 0 Å². The molecule has 1 rings (SSSR count). The number of likely N-dealkylation sites (tertiary alicyclic amines) is 1. The van der Waals surface area contributed by atoms with E-state index in [-0.39, 0.29) is 17.8 Å². The minimum Gasteiger partial charge on any atom is -0.464 e. The minimum atomic E-state index is -1.88. The van der Waals surface area contributed by atoms with Gasteiger partial charge in [0.05, 0.1) is 18.2 Å². The van der Waals surface area contributed by atoms with E-state index in [0.717, 1.165) is 31.3 Å². The van der Waals surface area contributed by atoms with Gasteiger partial charge in [-0.2, -0.15) is 0 Å². The first-order valence-corrected chi connectivity index (χ1v) is 17.8. The molecule has 50 heavy (non-hydrogen) atoms. The summed E-state index contributed by atoms with van der Waals surface area (Å²) < 4.78 is 16.0. The number of hydrogen-bond acceptors (Lipinski definition) is 10. The number of Topliss-reactive ketones (excluding diaryl/α,β-unsaturated/α-hetero) is 2. The Bertz CT molecular complexity index is 1250. The molecule has 0 aliphatic carbocycles. The van der Waals surface area contributed by atoms with Crippen molar-refractivity contribution in [3.05, 3.63) is 59.8 Å². The summed E-state index contributed by atoms with van der Waals surface area (Å²) in [4.78, 5) is 51.6. The summed E-state index contributed by atoms with van der Waals surface area (Å²) in [7, 11) is 2.70. The fraction of sp³-hybridized carbons (Fsp3) is 0.641. The Morgan fingerprint density at radius 2 is 1.78 bits per heavy atom. The molecule has 1 saturated heterocycles. The third kappa shape index (κ3) is 14.2. The molecule has 0 aromatic carbocycles. The van der Waals surface area contributed by atoms with Crippen molar-refractivity contribution in [2.24, 2.45) is 11.7 Å². The first kappa shape index (κ1) is 44.8. The van der Waals surface area contributed by atoms with Crippen molar-refractivity contribution in [2.45, 2.75) is 129 Å². The van der Waals surface area contributed by atoms with Crippen LogP contribution in [0.4, 0.5) is 0 Å². The molecule has 6 atom stereocenters. The standard InChI is InChI=1S/C39H62N2O9/c1-9-26-50-38(46)33-22-15-16-25-41(33)37(45)31(6)39(47,49-8)29(4)20-17-19-27(2)18-13-11-10-12-14-21-32(40)35(44)36(48-7)34(43)28(3)23-24-30(5)42/h10-13,18,23,29,32-34,36,43,47H,6,9,14-17,19-22,24-26,40H2,1-5,7-8H3/b12-10+,13-11+,27-18+,28-23+. The van der Waals surface area contributed by atoms with Crippen LogP contribution in [0, 0.1) is 5.92 Å². The van der Waals surface area contributed by atoms with E-state index < -0.39 is 53.7 Å². The predicted octanol–water partition coefficient (Wildman–Crippen LogP) is 5.05. The van der Waals surface area contributed by atoms with E-state index in [1.165, 1.54) is 26.0 Å². The first-order chi connectivity index (χ1) is 23.7. The van der Waals surface area contributed by atoms with Crippen LogP contribution >= 0.6 is 0 Å². The number of ether oxygens (including phenoxy) is 3. The number of allylic oxidation sites excluding steroid dienone is 7. The third-order valence-corrected chi connectivity index (χ3v) is 9.11. The number of carbonyl (C=O) groups is 4. The normalized spacial score (nSPS) is 19.6. The molecule has 0 aromatic heterocycles. The summed E-state index contributed by atoms with van der Waals surface area (Å²) in [6, 6.07) is -1.50. The molecule has 282 valence electrons. The smallest absolute Gasteiger partial charge is 0.328 e. The topological polar surface area (TPSA) is 166 Å². The van der Waals surface area contributed by atoms with Gasteiger partial charge in [0, 0.05) is 33.1 Å². The molecular formula is C39H62N2O9. The Kier molecular flexibility index (Phi) is 20.9. The zero-order valence-corrected chi connectivity index (χ0v) is 31.3. The molecular weight excluding hydrogens is 640 g/mol. The monoisotopic (exact) mass is 702 g/mol. The van der Waals surface area contributed by atoms with E-state index in [1.54, 1.807) is 13.0 Å². The second-order valence-corrected chi connectivity index (χ2v) is 13.2. The van der Waals surface area contributed by atoms with Gasteiger partial charge in [-0.1, -0.05) is 62.5 Å². The fourth-order valence-corrected chi connectivity index (χ4v) is 5.79. The molecule has 6 unspecified atom stereocenters. The van der Waals surface area contributed by atoms with Gasteiger partial charge >= 0.3 is 5.97 Å². The Morgan fingerprint density at radius 1 is 1.08 bits per heavy atom. The van der Waals surface area contributed by atoms with Gasteiger partial charge in [0.25, 0.3) is 5.91 Å².